The molecule has 0 unspecified atom stereocenters. The number of nitrogens with zero attached hydrogens (tertiary/aromatic N) is 3. The summed E-state index contributed by atoms with van der Waals surface area (Å²) in [6.07, 6.45) is 5.32. The first-order valence-electron chi connectivity index (χ1n) is 6.38. The maximum absolute atomic E-state index is 5.96. The highest BCUT2D eigenvalue weighted by Gasteiger charge is 2.04. The third-order valence-electron chi connectivity index (χ3n) is 3.15. The van der Waals surface area contributed by atoms with E-state index in [9.17, 15) is 0 Å². The van der Waals surface area contributed by atoms with Gasteiger partial charge in [0.05, 0.1) is 12.2 Å². The number of aryl methyl sites for hydroxylation is 1. The molecule has 0 spiro atoms. The van der Waals surface area contributed by atoms with Crippen molar-refractivity contribution in [3.8, 4) is 0 Å². The number of nitrogen functional groups attached to an aromatic ring is 1. The van der Waals surface area contributed by atoms with Gasteiger partial charge in [0.2, 0.25) is 0 Å². The molecule has 3 aromatic rings. The molecule has 0 saturated heterocycles. The number of fused-ring (bicyclic) bond motifs is 1. The van der Waals surface area contributed by atoms with E-state index in [1.165, 1.54) is 0 Å². The Hall–Kier alpha value is -2.69. The molecule has 5 heteroatoms. The van der Waals surface area contributed by atoms with Crippen LogP contribution in [0.4, 0.5) is 11.4 Å². The molecule has 0 amide bonds. The van der Waals surface area contributed by atoms with Crippen molar-refractivity contribution in [1.82, 2.24) is 15.0 Å². The van der Waals surface area contributed by atoms with Gasteiger partial charge in [-0.05, 0) is 31.2 Å². The Labute approximate surface area is 116 Å². The summed E-state index contributed by atoms with van der Waals surface area (Å²) < 4.78 is 0. The van der Waals surface area contributed by atoms with Gasteiger partial charge in [0.25, 0.3) is 0 Å². The molecule has 20 heavy (non-hydrogen) atoms. The van der Waals surface area contributed by atoms with Gasteiger partial charge in [-0.2, -0.15) is 0 Å². The fourth-order valence-corrected chi connectivity index (χ4v) is 2.16. The van der Waals surface area contributed by atoms with Crippen LogP contribution in [0.3, 0.4) is 0 Å². The van der Waals surface area contributed by atoms with E-state index < -0.39 is 0 Å². The van der Waals surface area contributed by atoms with Gasteiger partial charge in [0.1, 0.15) is 5.82 Å². The van der Waals surface area contributed by atoms with Crippen molar-refractivity contribution in [2.45, 2.75) is 13.5 Å². The van der Waals surface area contributed by atoms with Crippen LogP contribution in [0.15, 0.2) is 42.9 Å². The van der Waals surface area contributed by atoms with E-state index in [2.05, 4.69) is 20.3 Å². The Morgan fingerprint density at radius 1 is 1.10 bits per heavy atom. The van der Waals surface area contributed by atoms with Crippen LogP contribution < -0.4 is 11.1 Å². The molecular weight excluding hydrogens is 250 g/mol. The van der Waals surface area contributed by atoms with Crippen molar-refractivity contribution in [1.29, 1.82) is 0 Å². The predicted octanol–water partition coefficient (Wildman–Crippen LogP) is 2.53. The second-order valence-corrected chi connectivity index (χ2v) is 4.57. The molecule has 5 nitrogen and oxygen atoms in total. The average Bonchev–Trinajstić information content (AvgIpc) is 2.47. The van der Waals surface area contributed by atoms with E-state index in [0.29, 0.717) is 6.54 Å². The summed E-state index contributed by atoms with van der Waals surface area (Å²) in [5.41, 5.74) is 8.67. The topological polar surface area (TPSA) is 76.7 Å². The molecule has 0 fully saturated rings. The number of aromatic nitrogens is 3. The summed E-state index contributed by atoms with van der Waals surface area (Å²) in [7, 11) is 0. The third-order valence-corrected chi connectivity index (χ3v) is 3.15. The smallest absolute Gasteiger partial charge is 0.125 e. The Morgan fingerprint density at radius 2 is 2.00 bits per heavy atom. The Bertz CT molecular complexity index is 754. The van der Waals surface area contributed by atoms with Crippen LogP contribution in [0.5, 0.6) is 0 Å². The molecule has 3 N–H and O–H groups in total. The fourth-order valence-electron chi connectivity index (χ4n) is 2.16. The van der Waals surface area contributed by atoms with E-state index in [0.717, 1.165) is 33.7 Å². The standard InChI is InChI=1S/C15H15N5/c1-10-18-7-4-11(20-10)8-19-15-3-2-14(16)13-9-17-6-5-12(13)15/h2-7,9,19H,8,16H2,1H3. The molecular formula is C15H15N5. The minimum atomic E-state index is 0.644. The van der Waals surface area contributed by atoms with Gasteiger partial charge >= 0.3 is 0 Å². The molecule has 0 saturated carbocycles. The number of hydrogen-bond donors (Lipinski definition) is 2. The molecule has 0 aliphatic rings. The summed E-state index contributed by atoms with van der Waals surface area (Å²) in [4.78, 5) is 12.6. The maximum atomic E-state index is 5.96. The van der Waals surface area contributed by atoms with Gasteiger partial charge in [0, 0.05) is 40.7 Å². The van der Waals surface area contributed by atoms with Crippen molar-refractivity contribution in [2.75, 3.05) is 11.1 Å². The van der Waals surface area contributed by atoms with E-state index in [4.69, 9.17) is 5.73 Å². The van der Waals surface area contributed by atoms with Gasteiger partial charge in [-0.3, -0.25) is 4.98 Å². The van der Waals surface area contributed by atoms with Crippen LogP contribution in [-0.2, 0) is 6.54 Å². The number of benzene rings is 1. The molecule has 0 aliphatic heterocycles. The van der Waals surface area contributed by atoms with E-state index in [-0.39, 0.29) is 0 Å². The second kappa shape index (κ2) is 5.13. The van der Waals surface area contributed by atoms with Crippen molar-refractivity contribution in [2.24, 2.45) is 0 Å². The first kappa shape index (κ1) is 12.3. The lowest BCUT2D eigenvalue weighted by molar-refractivity contribution is 0.956. The third kappa shape index (κ3) is 2.38. The van der Waals surface area contributed by atoms with Gasteiger partial charge in [-0.15, -0.1) is 0 Å². The van der Waals surface area contributed by atoms with Gasteiger partial charge < -0.3 is 11.1 Å². The van der Waals surface area contributed by atoms with Crippen molar-refractivity contribution in [3.63, 3.8) is 0 Å². The molecule has 2 aromatic heterocycles. The minimum absolute atomic E-state index is 0.644. The molecule has 100 valence electrons. The first-order chi connectivity index (χ1) is 9.74. The number of pyridine rings is 1. The predicted molar refractivity (Wildman–Crippen MR) is 80.3 cm³/mol. The van der Waals surface area contributed by atoms with Crippen molar-refractivity contribution in [3.05, 3.63) is 54.4 Å². The van der Waals surface area contributed by atoms with Crippen LogP contribution in [0.1, 0.15) is 11.5 Å². The molecule has 0 atom stereocenters. The summed E-state index contributed by atoms with van der Waals surface area (Å²) in [5.74, 6) is 0.774. The lowest BCUT2D eigenvalue weighted by Gasteiger charge is -2.11. The molecule has 0 radical (unpaired) electrons. The zero-order chi connectivity index (χ0) is 13.9. The Morgan fingerprint density at radius 3 is 2.85 bits per heavy atom. The van der Waals surface area contributed by atoms with Gasteiger partial charge in [-0.1, -0.05) is 0 Å². The summed E-state index contributed by atoms with van der Waals surface area (Å²) in [6, 6.07) is 7.73. The maximum Gasteiger partial charge on any atom is 0.125 e. The van der Waals surface area contributed by atoms with Crippen LogP contribution in [0.2, 0.25) is 0 Å². The highest BCUT2D eigenvalue weighted by Crippen LogP contribution is 2.27. The molecule has 3 rings (SSSR count). The van der Waals surface area contributed by atoms with Crippen LogP contribution in [0.25, 0.3) is 10.8 Å². The monoisotopic (exact) mass is 265 g/mol. The highest BCUT2D eigenvalue weighted by molar-refractivity contribution is 6.00. The zero-order valence-electron chi connectivity index (χ0n) is 11.2. The largest absolute Gasteiger partial charge is 0.398 e. The van der Waals surface area contributed by atoms with E-state index >= 15 is 0 Å². The van der Waals surface area contributed by atoms with Gasteiger partial charge in [0.15, 0.2) is 0 Å². The minimum Gasteiger partial charge on any atom is -0.398 e. The summed E-state index contributed by atoms with van der Waals surface area (Å²) in [6.45, 7) is 2.53. The Balaban J connectivity index is 1.90. The van der Waals surface area contributed by atoms with Crippen LogP contribution in [0, 0.1) is 6.92 Å². The summed E-state index contributed by atoms with van der Waals surface area (Å²) in [5, 5.41) is 5.40. The lowest BCUT2D eigenvalue weighted by Crippen LogP contribution is -2.04. The van der Waals surface area contributed by atoms with E-state index in [1.54, 1.807) is 18.6 Å². The zero-order valence-corrected chi connectivity index (χ0v) is 11.2. The number of rotatable bonds is 3. The van der Waals surface area contributed by atoms with Crippen LogP contribution >= 0.6 is 0 Å². The highest BCUT2D eigenvalue weighted by atomic mass is 14.9. The number of nitrogens with one attached hydrogen (secondary N) is 1. The first-order valence-corrected chi connectivity index (χ1v) is 6.38. The molecule has 0 bridgehead atoms. The average molecular weight is 265 g/mol. The van der Waals surface area contributed by atoms with Crippen molar-refractivity contribution < 1.29 is 0 Å². The quantitative estimate of drug-likeness (QED) is 0.712. The van der Waals surface area contributed by atoms with E-state index in [1.807, 2.05) is 31.2 Å². The molecule has 2 heterocycles. The Kier molecular flexibility index (Phi) is 3.16. The number of hydrogen-bond acceptors (Lipinski definition) is 5. The van der Waals surface area contributed by atoms with Gasteiger partial charge in [-0.25, -0.2) is 9.97 Å². The summed E-state index contributed by atoms with van der Waals surface area (Å²) >= 11 is 0. The molecule has 0 aliphatic carbocycles. The second-order valence-electron chi connectivity index (χ2n) is 4.57. The van der Waals surface area contributed by atoms with Crippen molar-refractivity contribution >= 4 is 22.1 Å². The molecule has 1 aromatic carbocycles. The number of anilines is 2. The number of nitrogens with two attached hydrogens (primary N) is 1. The normalized spacial score (nSPS) is 10.7. The van der Waals surface area contributed by atoms with Crippen LogP contribution in [-0.4, -0.2) is 15.0 Å². The SMILES string of the molecule is Cc1nccc(CNc2ccc(N)c3cnccc23)n1. The lowest BCUT2D eigenvalue weighted by atomic mass is 10.1. The fraction of sp³-hybridized carbons (Fsp3) is 0.133.